The zero-order valence-electron chi connectivity index (χ0n) is 10.7. The zero-order chi connectivity index (χ0) is 13.2. The molecule has 1 unspecified atom stereocenters. The van der Waals surface area contributed by atoms with Crippen molar-refractivity contribution in [1.29, 1.82) is 0 Å². The molecule has 0 amide bonds. The first kappa shape index (κ1) is 13.4. The minimum atomic E-state index is -2.80. The van der Waals surface area contributed by atoms with Crippen molar-refractivity contribution in [2.24, 2.45) is 0 Å². The number of hydrogen-bond donors (Lipinski definition) is 1. The number of sulfone groups is 1. The normalized spacial score (nSPS) is 22.4. The molecule has 2 N–H and O–H groups in total. The molecule has 1 fully saturated rings. The average Bonchev–Trinajstić information content (AvgIpc) is 2.68. The van der Waals surface area contributed by atoms with E-state index in [2.05, 4.69) is 4.90 Å². The molecule has 100 valence electrons. The first-order valence-electron chi connectivity index (χ1n) is 6.22. The van der Waals surface area contributed by atoms with Crippen molar-refractivity contribution in [2.75, 3.05) is 30.8 Å². The Morgan fingerprint density at radius 1 is 1.39 bits per heavy atom. The Morgan fingerprint density at radius 3 is 2.72 bits per heavy atom. The lowest BCUT2D eigenvalue weighted by atomic mass is 10.1. The van der Waals surface area contributed by atoms with Crippen LogP contribution in [0.25, 0.3) is 0 Å². The van der Waals surface area contributed by atoms with Crippen LogP contribution in [0.2, 0.25) is 0 Å². The van der Waals surface area contributed by atoms with Gasteiger partial charge in [0.05, 0.1) is 11.5 Å². The van der Waals surface area contributed by atoms with E-state index >= 15 is 0 Å². The third-order valence-corrected chi connectivity index (χ3v) is 5.37. The molecule has 0 spiro atoms. The summed E-state index contributed by atoms with van der Waals surface area (Å²) in [7, 11) is -0.807. The van der Waals surface area contributed by atoms with Crippen LogP contribution in [-0.4, -0.2) is 44.5 Å². The molecule has 0 radical (unpaired) electrons. The van der Waals surface area contributed by atoms with Gasteiger partial charge < -0.3 is 10.6 Å². The maximum atomic E-state index is 11.4. The molecule has 5 heteroatoms. The van der Waals surface area contributed by atoms with Gasteiger partial charge in [-0.25, -0.2) is 8.42 Å². The van der Waals surface area contributed by atoms with E-state index in [1.165, 1.54) is 0 Å². The molecule has 0 aliphatic carbocycles. The van der Waals surface area contributed by atoms with Gasteiger partial charge in [0.15, 0.2) is 9.84 Å². The largest absolute Gasteiger partial charge is 0.399 e. The summed E-state index contributed by atoms with van der Waals surface area (Å²) < 4.78 is 22.9. The van der Waals surface area contributed by atoms with Gasteiger partial charge >= 0.3 is 0 Å². The molecule has 1 heterocycles. The van der Waals surface area contributed by atoms with Crippen LogP contribution in [0.4, 0.5) is 5.69 Å². The number of rotatable bonds is 4. The number of hydrogen-bond acceptors (Lipinski definition) is 4. The topological polar surface area (TPSA) is 63.4 Å². The Kier molecular flexibility index (Phi) is 3.92. The number of nitrogens with zero attached hydrogens (tertiary/aromatic N) is 1. The maximum Gasteiger partial charge on any atom is 0.151 e. The van der Waals surface area contributed by atoms with E-state index < -0.39 is 9.84 Å². The summed E-state index contributed by atoms with van der Waals surface area (Å²) in [4.78, 5) is 2.14. The van der Waals surface area contributed by atoms with E-state index in [9.17, 15) is 8.42 Å². The van der Waals surface area contributed by atoms with E-state index in [1.807, 2.05) is 31.3 Å². The smallest absolute Gasteiger partial charge is 0.151 e. The molecular weight excluding hydrogens is 248 g/mol. The summed E-state index contributed by atoms with van der Waals surface area (Å²) in [6, 6.07) is 7.99. The van der Waals surface area contributed by atoms with Crippen LogP contribution in [0.1, 0.15) is 12.0 Å². The molecule has 0 saturated carbocycles. The second kappa shape index (κ2) is 5.28. The fraction of sp³-hybridized carbons (Fsp3) is 0.538. The van der Waals surface area contributed by atoms with E-state index in [4.69, 9.17) is 5.73 Å². The molecule has 1 aliphatic heterocycles. The van der Waals surface area contributed by atoms with Gasteiger partial charge in [-0.2, -0.15) is 0 Å². The van der Waals surface area contributed by atoms with E-state index in [-0.39, 0.29) is 6.04 Å². The second-order valence-electron chi connectivity index (χ2n) is 4.99. The summed E-state index contributed by atoms with van der Waals surface area (Å²) in [6.07, 6.45) is 1.61. The van der Waals surface area contributed by atoms with Crippen molar-refractivity contribution in [3.63, 3.8) is 0 Å². The van der Waals surface area contributed by atoms with Crippen molar-refractivity contribution in [3.05, 3.63) is 29.8 Å². The first-order valence-corrected chi connectivity index (χ1v) is 8.04. The quantitative estimate of drug-likeness (QED) is 0.825. The lowest BCUT2D eigenvalue weighted by molar-refractivity contribution is 0.265. The standard InChI is InChI=1S/C13H20N2O2S/c1-15(12-7-9-18(16,17)10-12)8-6-11-4-2-3-5-13(11)14/h2-5,12H,6-10,14H2,1H3. The summed E-state index contributed by atoms with van der Waals surface area (Å²) in [5.41, 5.74) is 7.83. The molecule has 1 atom stereocenters. The van der Waals surface area contributed by atoms with Gasteiger partial charge in [0.2, 0.25) is 0 Å². The zero-order valence-corrected chi connectivity index (χ0v) is 11.5. The number of para-hydroxylation sites is 1. The van der Waals surface area contributed by atoms with E-state index in [0.29, 0.717) is 11.5 Å². The van der Waals surface area contributed by atoms with Crippen LogP contribution in [-0.2, 0) is 16.3 Å². The fourth-order valence-corrected chi connectivity index (χ4v) is 4.17. The van der Waals surface area contributed by atoms with Gasteiger partial charge in [0.25, 0.3) is 0 Å². The Labute approximate surface area is 109 Å². The third kappa shape index (κ3) is 3.23. The average molecular weight is 268 g/mol. The van der Waals surface area contributed by atoms with Gasteiger partial charge in [-0.3, -0.25) is 0 Å². The van der Waals surface area contributed by atoms with Crippen molar-refractivity contribution in [1.82, 2.24) is 4.90 Å². The van der Waals surface area contributed by atoms with Crippen LogP contribution >= 0.6 is 0 Å². The van der Waals surface area contributed by atoms with Gasteiger partial charge in [-0.15, -0.1) is 0 Å². The van der Waals surface area contributed by atoms with Crippen LogP contribution in [0.3, 0.4) is 0 Å². The minimum Gasteiger partial charge on any atom is -0.399 e. The molecule has 1 aromatic rings. The lowest BCUT2D eigenvalue weighted by Crippen LogP contribution is -2.34. The number of nitrogen functional groups attached to an aromatic ring is 1. The van der Waals surface area contributed by atoms with Crippen LogP contribution in [0.5, 0.6) is 0 Å². The predicted molar refractivity (Wildman–Crippen MR) is 74.2 cm³/mol. The van der Waals surface area contributed by atoms with Crippen LogP contribution in [0, 0.1) is 0 Å². The number of anilines is 1. The molecule has 1 aromatic carbocycles. The third-order valence-electron chi connectivity index (χ3n) is 3.62. The van der Waals surface area contributed by atoms with Crippen molar-refractivity contribution < 1.29 is 8.42 Å². The van der Waals surface area contributed by atoms with E-state index in [1.54, 1.807) is 0 Å². The van der Waals surface area contributed by atoms with Gasteiger partial charge in [0.1, 0.15) is 0 Å². The number of nitrogens with two attached hydrogens (primary N) is 1. The molecule has 0 bridgehead atoms. The number of likely N-dealkylation sites (N-methyl/N-ethyl adjacent to an activating group) is 1. The molecule has 18 heavy (non-hydrogen) atoms. The summed E-state index contributed by atoms with van der Waals surface area (Å²) in [6.45, 7) is 0.842. The summed E-state index contributed by atoms with van der Waals surface area (Å²) in [5.74, 6) is 0.628. The molecular formula is C13H20N2O2S. The molecule has 2 rings (SSSR count). The van der Waals surface area contributed by atoms with Crippen LogP contribution < -0.4 is 5.73 Å². The Balaban J connectivity index is 1.89. The van der Waals surface area contributed by atoms with Crippen LogP contribution in [0.15, 0.2) is 24.3 Å². The molecule has 1 saturated heterocycles. The highest BCUT2D eigenvalue weighted by Gasteiger charge is 2.30. The summed E-state index contributed by atoms with van der Waals surface area (Å²) >= 11 is 0. The Bertz CT molecular complexity index is 513. The van der Waals surface area contributed by atoms with Crippen molar-refractivity contribution in [3.8, 4) is 0 Å². The van der Waals surface area contributed by atoms with E-state index in [0.717, 1.165) is 30.6 Å². The summed E-state index contributed by atoms with van der Waals surface area (Å²) in [5, 5.41) is 0. The van der Waals surface area contributed by atoms with Gasteiger partial charge in [0, 0.05) is 18.3 Å². The lowest BCUT2D eigenvalue weighted by Gasteiger charge is -2.23. The molecule has 0 aromatic heterocycles. The van der Waals surface area contributed by atoms with Gasteiger partial charge in [-0.1, -0.05) is 18.2 Å². The molecule has 4 nitrogen and oxygen atoms in total. The highest BCUT2D eigenvalue weighted by molar-refractivity contribution is 7.91. The molecule has 1 aliphatic rings. The SMILES string of the molecule is CN(CCc1ccccc1N)C1CCS(=O)(=O)C1. The predicted octanol–water partition coefficient (Wildman–Crippen LogP) is 0.930. The highest BCUT2D eigenvalue weighted by atomic mass is 32.2. The Morgan fingerprint density at radius 2 is 2.11 bits per heavy atom. The maximum absolute atomic E-state index is 11.4. The second-order valence-corrected chi connectivity index (χ2v) is 7.22. The van der Waals surface area contributed by atoms with Crippen molar-refractivity contribution >= 4 is 15.5 Å². The van der Waals surface area contributed by atoms with Gasteiger partial charge in [-0.05, 0) is 31.5 Å². The fourth-order valence-electron chi connectivity index (χ4n) is 2.36. The highest BCUT2D eigenvalue weighted by Crippen LogP contribution is 2.18. The van der Waals surface area contributed by atoms with Crippen molar-refractivity contribution in [2.45, 2.75) is 18.9 Å². The Hall–Kier alpha value is -1.07. The first-order chi connectivity index (χ1) is 8.48. The minimum absolute atomic E-state index is 0.167. The number of benzene rings is 1. The monoisotopic (exact) mass is 268 g/mol.